The minimum Gasteiger partial charge on any atom is -0.382 e. The predicted octanol–water partition coefficient (Wildman–Crippen LogP) is 4.68. The normalized spacial score (nSPS) is 12.4. The lowest BCUT2D eigenvalue weighted by Crippen LogP contribution is -2.05. The molecule has 0 spiro atoms. The Hall–Kier alpha value is -2.70. The first kappa shape index (κ1) is 18.1. The van der Waals surface area contributed by atoms with Crippen LogP contribution >= 0.6 is 23.7 Å². The molecule has 1 aromatic heterocycles. The Balaban J connectivity index is 0.00000196. The number of halogens is 1. The number of amidine groups is 1. The Labute approximate surface area is 161 Å². The fraction of sp³-hybridized carbons (Fsp3) is 0.105. The van der Waals surface area contributed by atoms with E-state index in [2.05, 4.69) is 29.1 Å². The van der Waals surface area contributed by atoms with Crippen LogP contribution in [0.4, 0.5) is 16.6 Å². The highest BCUT2D eigenvalue weighted by Crippen LogP contribution is 2.35. The first-order chi connectivity index (χ1) is 12.0. The average Bonchev–Trinajstić information content (AvgIpc) is 3.12. The van der Waals surface area contributed by atoms with Crippen molar-refractivity contribution in [3.8, 4) is 0 Å². The summed E-state index contributed by atoms with van der Waals surface area (Å²) in [6.07, 6.45) is 0. The highest BCUT2D eigenvalue weighted by Gasteiger charge is 2.27. The van der Waals surface area contributed by atoms with Crippen molar-refractivity contribution in [1.29, 1.82) is 5.41 Å². The molecule has 132 valence electrons. The second-order valence-corrected chi connectivity index (χ2v) is 6.96. The van der Waals surface area contributed by atoms with Gasteiger partial charge < -0.3 is 11.1 Å². The zero-order chi connectivity index (χ0) is 17.6. The van der Waals surface area contributed by atoms with Gasteiger partial charge in [-0.2, -0.15) is 0 Å². The van der Waals surface area contributed by atoms with Gasteiger partial charge in [-0.25, -0.2) is 9.98 Å². The molecule has 4 rings (SSSR count). The van der Waals surface area contributed by atoms with Gasteiger partial charge in [-0.05, 0) is 37.1 Å². The Kier molecular flexibility index (Phi) is 4.80. The smallest absolute Gasteiger partial charge is 0.189 e. The zero-order valence-corrected chi connectivity index (χ0v) is 16.0. The number of fused-ring (bicyclic) bond motifs is 1. The molecule has 0 atom stereocenters. The maximum Gasteiger partial charge on any atom is 0.189 e. The van der Waals surface area contributed by atoms with Gasteiger partial charge in [0.1, 0.15) is 5.82 Å². The second-order valence-electron chi connectivity index (χ2n) is 5.96. The Morgan fingerprint density at radius 3 is 2.54 bits per heavy atom. The van der Waals surface area contributed by atoms with E-state index in [4.69, 9.17) is 11.1 Å². The highest BCUT2D eigenvalue weighted by molar-refractivity contribution is 7.18. The van der Waals surface area contributed by atoms with Crippen LogP contribution in [0.2, 0.25) is 0 Å². The van der Waals surface area contributed by atoms with Crippen LogP contribution < -0.4 is 11.1 Å². The first-order valence-corrected chi connectivity index (χ1v) is 8.73. The van der Waals surface area contributed by atoms with E-state index >= 15 is 0 Å². The SMILES string of the molecule is Cc1ccc2c(c1C)C(c1sc(Nc3ccccc3)nc1N)=NC2=N.Cl. The van der Waals surface area contributed by atoms with Crippen LogP contribution in [-0.4, -0.2) is 16.5 Å². The Bertz CT molecular complexity index is 1020. The van der Waals surface area contributed by atoms with Gasteiger partial charge in [0.2, 0.25) is 0 Å². The van der Waals surface area contributed by atoms with Crippen molar-refractivity contribution in [3.05, 3.63) is 69.6 Å². The third-order valence-electron chi connectivity index (χ3n) is 4.34. The number of nitrogen functional groups attached to an aromatic ring is 1. The van der Waals surface area contributed by atoms with Gasteiger partial charge in [0.05, 0.1) is 10.6 Å². The van der Waals surface area contributed by atoms with Crippen molar-refractivity contribution < 1.29 is 0 Å². The van der Waals surface area contributed by atoms with Crippen LogP contribution in [0.5, 0.6) is 0 Å². The molecule has 0 fully saturated rings. The summed E-state index contributed by atoms with van der Waals surface area (Å²) in [7, 11) is 0. The van der Waals surface area contributed by atoms with Crippen molar-refractivity contribution in [2.45, 2.75) is 13.8 Å². The summed E-state index contributed by atoms with van der Waals surface area (Å²) < 4.78 is 0. The van der Waals surface area contributed by atoms with Crippen LogP contribution in [0.25, 0.3) is 0 Å². The molecule has 7 heteroatoms. The standard InChI is InChI=1S/C19H17N5S.ClH/c1-10-8-9-13-14(11(10)2)15(23-17(13)20)16-18(21)24-19(25-16)22-12-6-4-3-5-7-12;/h3-9,20H,21H2,1-2H3,(H,22,24);1H. The lowest BCUT2D eigenvalue weighted by Gasteiger charge is -2.08. The maximum atomic E-state index is 8.17. The fourth-order valence-corrected chi connectivity index (χ4v) is 3.81. The number of aromatic nitrogens is 1. The molecule has 0 radical (unpaired) electrons. The molecule has 4 N–H and O–H groups in total. The quantitative estimate of drug-likeness (QED) is 0.613. The van der Waals surface area contributed by atoms with Crippen LogP contribution in [0.3, 0.4) is 0 Å². The molecule has 3 aromatic rings. The second kappa shape index (κ2) is 6.90. The molecule has 1 aliphatic rings. The Morgan fingerprint density at radius 1 is 1.08 bits per heavy atom. The van der Waals surface area contributed by atoms with Gasteiger partial charge >= 0.3 is 0 Å². The number of para-hydroxylation sites is 1. The number of nitrogens with zero attached hydrogens (tertiary/aromatic N) is 2. The van der Waals surface area contributed by atoms with Crippen LogP contribution in [0, 0.1) is 19.3 Å². The largest absolute Gasteiger partial charge is 0.382 e. The van der Waals surface area contributed by atoms with E-state index < -0.39 is 0 Å². The first-order valence-electron chi connectivity index (χ1n) is 7.91. The molecule has 2 aromatic carbocycles. The molecule has 0 unspecified atom stereocenters. The highest BCUT2D eigenvalue weighted by atomic mass is 35.5. The van der Waals surface area contributed by atoms with Gasteiger partial charge in [0, 0.05) is 16.8 Å². The average molecular weight is 384 g/mol. The number of aliphatic imine (C=N–C) groups is 1. The summed E-state index contributed by atoms with van der Waals surface area (Å²) >= 11 is 1.46. The summed E-state index contributed by atoms with van der Waals surface area (Å²) in [5.74, 6) is 0.710. The number of hydrogen-bond acceptors (Lipinski definition) is 5. The number of anilines is 3. The lowest BCUT2D eigenvalue weighted by atomic mass is 9.95. The molecule has 0 saturated heterocycles. The molecule has 2 heterocycles. The monoisotopic (exact) mass is 383 g/mol. The number of aryl methyl sites for hydroxylation is 1. The number of nitrogens with one attached hydrogen (secondary N) is 2. The van der Waals surface area contributed by atoms with Crippen LogP contribution in [0.15, 0.2) is 47.5 Å². The molecular formula is C19H18ClN5S. The van der Waals surface area contributed by atoms with Crippen molar-refractivity contribution >= 4 is 51.9 Å². The maximum absolute atomic E-state index is 8.17. The van der Waals surface area contributed by atoms with E-state index in [-0.39, 0.29) is 18.2 Å². The van der Waals surface area contributed by atoms with Crippen molar-refractivity contribution in [1.82, 2.24) is 4.98 Å². The molecule has 0 amide bonds. The van der Waals surface area contributed by atoms with E-state index in [1.54, 1.807) is 0 Å². The summed E-state index contributed by atoms with van der Waals surface area (Å²) in [4.78, 5) is 9.71. The van der Waals surface area contributed by atoms with E-state index in [9.17, 15) is 0 Å². The van der Waals surface area contributed by atoms with E-state index in [0.29, 0.717) is 10.9 Å². The molecule has 0 saturated carbocycles. The van der Waals surface area contributed by atoms with E-state index in [0.717, 1.165) is 33.0 Å². The molecule has 0 aliphatic carbocycles. The number of thiazole rings is 1. The van der Waals surface area contributed by atoms with Crippen LogP contribution in [-0.2, 0) is 0 Å². The van der Waals surface area contributed by atoms with Gasteiger partial charge in [-0.3, -0.25) is 5.41 Å². The van der Waals surface area contributed by atoms with Crippen molar-refractivity contribution in [3.63, 3.8) is 0 Å². The Morgan fingerprint density at radius 2 is 1.81 bits per heavy atom. The van der Waals surface area contributed by atoms with Gasteiger partial charge in [-0.15, -0.1) is 12.4 Å². The summed E-state index contributed by atoms with van der Waals surface area (Å²) in [5.41, 5.74) is 12.0. The van der Waals surface area contributed by atoms with Gasteiger partial charge in [0.15, 0.2) is 11.0 Å². The third-order valence-corrected chi connectivity index (χ3v) is 5.34. The minimum absolute atomic E-state index is 0. The van der Waals surface area contributed by atoms with Gasteiger partial charge in [-0.1, -0.05) is 41.7 Å². The molecule has 5 nitrogen and oxygen atoms in total. The van der Waals surface area contributed by atoms with Gasteiger partial charge in [0.25, 0.3) is 0 Å². The number of nitrogens with two attached hydrogens (primary N) is 1. The third kappa shape index (κ3) is 2.98. The summed E-state index contributed by atoms with van der Waals surface area (Å²) in [6, 6.07) is 13.8. The minimum atomic E-state index is 0. The number of rotatable bonds is 3. The van der Waals surface area contributed by atoms with Crippen LogP contribution in [0.1, 0.15) is 27.1 Å². The molecular weight excluding hydrogens is 366 g/mol. The fourth-order valence-electron chi connectivity index (χ4n) is 2.91. The predicted molar refractivity (Wildman–Crippen MR) is 112 cm³/mol. The molecule has 1 aliphatic heterocycles. The number of hydrogen-bond donors (Lipinski definition) is 3. The summed E-state index contributed by atoms with van der Waals surface area (Å²) in [6.45, 7) is 4.12. The van der Waals surface area contributed by atoms with Crippen molar-refractivity contribution in [2.24, 2.45) is 4.99 Å². The van der Waals surface area contributed by atoms with Crippen molar-refractivity contribution in [2.75, 3.05) is 11.1 Å². The molecule has 26 heavy (non-hydrogen) atoms. The van der Waals surface area contributed by atoms with E-state index in [1.807, 2.05) is 42.5 Å². The number of benzene rings is 2. The topological polar surface area (TPSA) is 87.2 Å². The molecule has 0 bridgehead atoms. The summed E-state index contributed by atoms with van der Waals surface area (Å²) in [5, 5.41) is 12.2. The van der Waals surface area contributed by atoms with E-state index in [1.165, 1.54) is 16.9 Å². The zero-order valence-electron chi connectivity index (χ0n) is 14.3. The lowest BCUT2D eigenvalue weighted by molar-refractivity contribution is 1.32.